The van der Waals surface area contributed by atoms with E-state index in [1.165, 1.54) is 0 Å². The molecule has 7 heteroatoms. The Hall–Kier alpha value is -0.680. The molecule has 86 valence electrons. The topological polar surface area (TPSA) is 103 Å². The average Bonchev–Trinajstić information content (AvgIpc) is 1.97. The van der Waals surface area contributed by atoms with Gasteiger partial charge in [-0.3, -0.25) is 4.99 Å². The number of nitrogens with two attached hydrogens (primary N) is 3. The highest BCUT2D eigenvalue weighted by molar-refractivity contribution is 5.92. The van der Waals surface area contributed by atoms with E-state index in [2.05, 4.69) is 16.9 Å². The van der Waals surface area contributed by atoms with Crippen LogP contribution in [0.3, 0.4) is 0 Å². The first-order valence-corrected chi connectivity index (χ1v) is 4.06. The van der Waals surface area contributed by atoms with Crippen molar-refractivity contribution in [2.75, 3.05) is 6.54 Å². The van der Waals surface area contributed by atoms with Crippen LogP contribution in [0.15, 0.2) is 9.98 Å². The molecular weight excluding hydrogens is 225 g/mol. The minimum Gasteiger partial charge on any atom is -0.370 e. The smallest absolute Gasteiger partial charge is 0.218 e. The van der Waals surface area contributed by atoms with Gasteiger partial charge in [-0.1, -0.05) is 19.8 Å². The summed E-state index contributed by atoms with van der Waals surface area (Å²) in [6.45, 7) is 2.82. The van der Waals surface area contributed by atoms with Crippen LogP contribution in [-0.2, 0) is 0 Å². The molecule has 5 nitrogen and oxygen atoms in total. The lowest BCUT2D eigenvalue weighted by atomic mass is 10.2. The number of aliphatic imine (C=N–C) groups is 2. The Kier molecular flexibility index (Phi) is 16.7. The van der Waals surface area contributed by atoms with Gasteiger partial charge >= 0.3 is 0 Å². The van der Waals surface area contributed by atoms with E-state index in [0.29, 0.717) is 6.54 Å². The van der Waals surface area contributed by atoms with Crippen molar-refractivity contribution in [2.45, 2.75) is 26.2 Å². The molecule has 0 radical (unpaired) electrons. The van der Waals surface area contributed by atoms with Crippen LogP contribution in [0.5, 0.6) is 0 Å². The van der Waals surface area contributed by atoms with Crippen molar-refractivity contribution in [3.63, 3.8) is 0 Å². The third kappa shape index (κ3) is 13.9. The second-order valence-electron chi connectivity index (χ2n) is 2.48. The van der Waals surface area contributed by atoms with E-state index in [0.717, 1.165) is 19.3 Å². The lowest BCUT2D eigenvalue weighted by Crippen LogP contribution is -2.26. The first-order chi connectivity index (χ1) is 5.66. The zero-order valence-corrected chi connectivity index (χ0v) is 9.90. The van der Waals surface area contributed by atoms with Crippen LogP contribution >= 0.6 is 24.8 Å². The highest BCUT2D eigenvalue weighted by Crippen LogP contribution is 1.93. The van der Waals surface area contributed by atoms with E-state index in [1.54, 1.807) is 0 Å². The van der Waals surface area contributed by atoms with Crippen molar-refractivity contribution in [1.29, 1.82) is 0 Å². The van der Waals surface area contributed by atoms with Gasteiger partial charge < -0.3 is 17.2 Å². The van der Waals surface area contributed by atoms with Gasteiger partial charge in [0, 0.05) is 6.54 Å². The average molecular weight is 244 g/mol. The molecule has 14 heavy (non-hydrogen) atoms. The highest BCUT2D eigenvalue weighted by Gasteiger charge is 1.88. The largest absolute Gasteiger partial charge is 0.370 e. The fourth-order valence-corrected chi connectivity index (χ4v) is 0.723. The molecule has 6 N–H and O–H groups in total. The van der Waals surface area contributed by atoms with Crippen LogP contribution in [0.4, 0.5) is 0 Å². The van der Waals surface area contributed by atoms with Gasteiger partial charge in [0.25, 0.3) is 0 Å². The van der Waals surface area contributed by atoms with Crippen molar-refractivity contribution in [1.82, 2.24) is 0 Å². The summed E-state index contributed by atoms with van der Waals surface area (Å²) in [5.41, 5.74) is 15.5. The zero-order chi connectivity index (χ0) is 9.40. The number of halogens is 2. The molecule has 0 aliphatic rings. The van der Waals surface area contributed by atoms with Crippen LogP contribution < -0.4 is 17.2 Å². The van der Waals surface area contributed by atoms with E-state index in [-0.39, 0.29) is 36.7 Å². The van der Waals surface area contributed by atoms with Crippen molar-refractivity contribution in [2.24, 2.45) is 27.2 Å². The van der Waals surface area contributed by atoms with Crippen LogP contribution in [0.1, 0.15) is 26.2 Å². The summed E-state index contributed by atoms with van der Waals surface area (Å²) in [7, 11) is 0. The first-order valence-electron chi connectivity index (χ1n) is 4.06. The second-order valence-corrected chi connectivity index (χ2v) is 2.48. The molecule has 0 amide bonds. The maximum atomic E-state index is 5.36. The van der Waals surface area contributed by atoms with Crippen LogP contribution in [0, 0.1) is 0 Å². The molecule has 0 aliphatic carbocycles. The van der Waals surface area contributed by atoms with Gasteiger partial charge in [-0.05, 0) is 6.42 Å². The van der Waals surface area contributed by atoms with Crippen LogP contribution in [-0.4, -0.2) is 18.5 Å². The lowest BCUT2D eigenvalue weighted by Gasteiger charge is -1.94. The number of hydrogen-bond donors (Lipinski definition) is 3. The predicted molar refractivity (Wildman–Crippen MR) is 66.3 cm³/mol. The maximum absolute atomic E-state index is 5.36. The summed E-state index contributed by atoms with van der Waals surface area (Å²) in [5, 5.41) is 0. The fourth-order valence-electron chi connectivity index (χ4n) is 0.723. The monoisotopic (exact) mass is 243 g/mol. The van der Waals surface area contributed by atoms with Gasteiger partial charge in [0.15, 0.2) is 5.96 Å². The van der Waals surface area contributed by atoms with Gasteiger partial charge in [-0.15, -0.1) is 24.8 Å². The molecule has 0 aromatic heterocycles. The summed E-state index contributed by atoms with van der Waals surface area (Å²) in [6.07, 6.45) is 3.34. The summed E-state index contributed by atoms with van der Waals surface area (Å²) < 4.78 is 0. The number of unbranched alkanes of at least 4 members (excludes halogenated alkanes) is 2. The molecule has 0 rings (SSSR count). The van der Waals surface area contributed by atoms with Crippen molar-refractivity contribution in [3.8, 4) is 0 Å². The molecule has 0 saturated carbocycles. The fraction of sp³-hybridized carbons (Fsp3) is 0.714. The van der Waals surface area contributed by atoms with E-state index in [4.69, 9.17) is 17.2 Å². The van der Waals surface area contributed by atoms with Crippen LogP contribution in [0.2, 0.25) is 0 Å². The lowest BCUT2D eigenvalue weighted by molar-refractivity contribution is 0.727. The van der Waals surface area contributed by atoms with Crippen molar-refractivity contribution in [3.05, 3.63) is 0 Å². The molecule has 0 atom stereocenters. The standard InChI is InChI=1S/C7H17N5.2ClH/c1-2-3-4-5-11-7(10)12-6(8)9;;/h2-5H2,1H3,(H6,8,9,10,11,12);2*1H. The molecule has 0 aromatic rings. The van der Waals surface area contributed by atoms with Crippen LogP contribution in [0.25, 0.3) is 0 Å². The minimum atomic E-state index is -0.0493. The third-order valence-electron chi connectivity index (χ3n) is 1.28. The number of hydrogen-bond acceptors (Lipinski definition) is 1. The predicted octanol–water partition coefficient (Wildman–Crippen LogP) is 0.608. The first kappa shape index (κ1) is 19.0. The Bertz CT molecular complexity index is 177. The van der Waals surface area contributed by atoms with E-state index in [9.17, 15) is 0 Å². The molecule has 0 bridgehead atoms. The SMILES string of the molecule is CCCCCN=C(N)N=C(N)N.Cl.Cl. The van der Waals surface area contributed by atoms with E-state index < -0.39 is 0 Å². The summed E-state index contributed by atoms with van der Waals surface area (Å²) >= 11 is 0. The minimum absolute atomic E-state index is 0. The van der Waals surface area contributed by atoms with Gasteiger partial charge in [0.05, 0.1) is 0 Å². The van der Waals surface area contributed by atoms with Gasteiger partial charge in [-0.25, -0.2) is 0 Å². The summed E-state index contributed by atoms with van der Waals surface area (Å²) in [5.74, 6) is 0.109. The number of rotatable bonds is 4. The maximum Gasteiger partial charge on any atom is 0.218 e. The molecule has 0 spiro atoms. The van der Waals surface area contributed by atoms with Crippen molar-refractivity contribution >= 4 is 36.7 Å². The third-order valence-corrected chi connectivity index (χ3v) is 1.28. The Morgan fingerprint density at radius 3 is 2.07 bits per heavy atom. The van der Waals surface area contributed by atoms with Gasteiger partial charge in [0.1, 0.15) is 0 Å². The zero-order valence-electron chi connectivity index (χ0n) is 8.27. The Balaban J connectivity index is -0.000000605. The van der Waals surface area contributed by atoms with Crippen molar-refractivity contribution < 1.29 is 0 Å². The molecule has 0 unspecified atom stereocenters. The quantitative estimate of drug-likeness (QED) is 0.383. The molecule has 0 aliphatic heterocycles. The molecular formula is C7H19Cl2N5. The van der Waals surface area contributed by atoms with Gasteiger partial charge in [-0.2, -0.15) is 4.99 Å². The van der Waals surface area contributed by atoms with E-state index >= 15 is 0 Å². The molecule has 0 fully saturated rings. The number of nitrogens with zero attached hydrogens (tertiary/aromatic N) is 2. The molecule has 0 heterocycles. The Labute approximate surface area is 97.0 Å². The van der Waals surface area contributed by atoms with Gasteiger partial charge in [0.2, 0.25) is 5.96 Å². The summed E-state index contributed by atoms with van der Waals surface area (Å²) in [6, 6.07) is 0. The normalized spacial score (nSPS) is 9.64. The summed E-state index contributed by atoms with van der Waals surface area (Å²) in [4.78, 5) is 7.52. The highest BCUT2D eigenvalue weighted by atomic mass is 35.5. The molecule has 0 saturated heterocycles. The number of guanidine groups is 2. The Morgan fingerprint density at radius 2 is 1.64 bits per heavy atom. The Morgan fingerprint density at radius 1 is 1.07 bits per heavy atom. The molecule has 0 aromatic carbocycles. The second kappa shape index (κ2) is 12.3. The van der Waals surface area contributed by atoms with E-state index in [1.807, 2.05) is 0 Å².